The molecule has 200 valence electrons. The van der Waals surface area contributed by atoms with Crippen molar-refractivity contribution in [1.82, 2.24) is 10.3 Å². The fraction of sp³-hybridized carbons (Fsp3) is 0.276. The van der Waals surface area contributed by atoms with Crippen molar-refractivity contribution in [1.29, 1.82) is 0 Å². The molecule has 1 saturated heterocycles. The van der Waals surface area contributed by atoms with Crippen LogP contribution in [-0.4, -0.2) is 29.9 Å². The minimum atomic E-state index is -1.24. The molecule has 4 aromatic rings. The molecule has 2 fully saturated rings. The summed E-state index contributed by atoms with van der Waals surface area (Å²) in [4.78, 5) is 31.5. The molecule has 3 heterocycles. The molecule has 2 amide bonds. The number of anilines is 2. The Morgan fingerprint density at radius 2 is 1.62 bits per heavy atom. The topological polar surface area (TPSA) is 92.4 Å². The number of amides is 2. The van der Waals surface area contributed by atoms with E-state index in [1.165, 1.54) is 47.3 Å². The van der Waals surface area contributed by atoms with Crippen molar-refractivity contribution < 1.29 is 23.1 Å². The Hall–Kier alpha value is -3.89. The first-order valence-corrected chi connectivity index (χ1v) is 13.7. The molecule has 1 aliphatic heterocycles. The summed E-state index contributed by atoms with van der Waals surface area (Å²) >= 11 is 1.63. The van der Waals surface area contributed by atoms with Crippen molar-refractivity contribution >= 4 is 44.7 Å². The van der Waals surface area contributed by atoms with Gasteiger partial charge in [-0.15, -0.1) is 11.3 Å². The maximum atomic E-state index is 15.1. The third-order valence-corrected chi connectivity index (χ3v) is 8.57. The summed E-state index contributed by atoms with van der Waals surface area (Å²) in [6.45, 7) is 1.98. The third kappa shape index (κ3) is 5.22. The highest BCUT2D eigenvalue weighted by molar-refractivity contribution is 7.19. The van der Waals surface area contributed by atoms with E-state index in [2.05, 4.69) is 27.0 Å². The number of thiophene rings is 1. The molecule has 1 saturated carbocycles. The van der Waals surface area contributed by atoms with Crippen molar-refractivity contribution in [3.05, 3.63) is 77.3 Å². The van der Waals surface area contributed by atoms with Gasteiger partial charge in [-0.2, -0.15) is 0 Å². The van der Waals surface area contributed by atoms with Gasteiger partial charge < -0.3 is 20.7 Å². The van der Waals surface area contributed by atoms with Crippen LogP contribution < -0.4 is 20.7 Å². The van der Waals surface area contributed by atoms with E-state index < -0.39 is 28.9 Å². The lowest BCUT2D eigenvalue weighted by Crippen LogP contribution is -2.35. The molecule has 0 radical (unpaired) electrons. The van der Waals surface area contributed by atoms with Crippen LogP contribution in [0.15, 0.2) is 60.8 Å². The van der Waals surface area contributed by atoms with Gasteiger partial charge in [0, 0.05) is 34.6 Å². The predicted molar refractivity (Wildman–Crippen MR) is 146 cm³/mol. The Kier molecular flexibility index (Phi) is 6.74. The number of benzene rings is 2. The molecule has 1 aliphatic carbocycles. The van der Waals surface area contributed by atoms with Gasteiger partial charge in [0.1, 0.15) is 17.0 Å². The fourth-order valence-electron chi connectivity index (χ4n) is 4.82. The van der Waals surface area contributed by atoms with Crippen molar-refractivity contribution in [3.8, 4) is 11.5 Å². The van der Waals surface area contributed by atoms with Gasteiger partial charge in [0.25, 0.3) is 0 Å². The zero-order chi connectivity index (χ0) is 27.0. The molecule has 0 spiro atoms. The molecule has 0 unspecified atom stereocenters. The lowest BCUT2D eigenvalue weighted by molar-refractivity contribution is -0.131. The summed E-state index contributed by atoms with van der Waals surface area (Å²) in [5.41, 5.74) is 0.194. The minimum absolute atomic E-state index is 0.0208. The highest BCUT2D eigenvalue weighted by atomic mass is 32.1. The lowest BCUT2D eigenvalue weighted by atomic mass is 9.96. The first-order valence-electron chi connectivity index (χ1n) is 12.9. The van der Waals surface area contributed by atoms with Gasteiger partial charge in [-0.25, -0.2) is 8.78 Å². The number of pyridine rings is 1. The molecular weight excluding hydrogens is 522 g/mol. The zero-order valence-corrected chi connectivity index (χ0v) is 21.7. The van der Waals surface area contributed by atoms with E-state index in [1.807, 2.05) is 0 Å². The lowest BCUT2D eigenvalue weighted by Gasteiger charge is -2.21. The number of ether oxygens (including phenoxy) is 1. The van der Waals surface area contributed by atoms with E-state index in [9.17, 15) is 14.0 Å². The van der Waals surface area contributed by atoms with Gasteiger partial charge in [-0.3, -0.25) is 14.6 Å². The normalized spacial score (nSPS) is 16.6. The summed E-state index contributed by atoms with van der Waals surface area (Å²) in [6.07, 6.45) is 4.52. The number of rotatable bonds is 7. The van der Waals surface area contributed by atoms with Crippen LogP contribution in [0.4, 0.5) is 20.2 Å². The fourth-order valence-corrected chi connectivity index (χ4v) is 6.05. The number of piperidine rings is 1. The van der Waals surface area contributed by atoms with Crippen LogP contribution in [0.5, 0.6) is 11.5 Å². The molecule has 2 aromatic carbocycles. The standard InChI is InChI=1S/C29H26F2N4O3S/c30-18-1-3-19(4-2-18)34-27(36)29(10-11-29)28(37)35-20-5-6-23(21(31)15-20)38-24-9-14-33-22-16-25(39-26(22)24)17-7-12-32-13-8-17/h1-6,9,14-17,32H,7-8,10-13H2,(H,34,36)(H,35,37). The van der Waals surface area contributed by atoms with Gasteiger partial charge in [-0.1, -0.05) is 0 Å². The average molecular weight is 549 g/mol. The SMILES string of the molecule is O=C(Nc1ccc(F)cc1)C1(C(=O)Nc2ccc(Oc3ccnc4cc(C5CCNCC5)sc34)c(F)c2)CC1. The van der Waals surface area contributed by atoms with Crippen molar-refractivity contribution in [3.63, 3.8) is 0 Å². The molecule has 6 rings (SSSR count). The van der Waals surface area contributed by atoms with E-state index in [0.29, 0.717) is 30.2 Å². The number of hydrogen-bond acceptors (Lipinski definition) is 6. The summed E-state index contributed by atoms with van der Waals surface area (Å²) in [7, 11) is 0. The number of hydrogen-bond donors (Lipinski definition) is 3. The third-order valence-electron chi connectivity index (χ3n) is 7.27. The second-order valence-electron chi connectivity index (χ2n) is 9.94. The maximum Gasteiger partial charge on any atom is 0.240 e. The van der Waals surface area contributed by atoms with Crippen LogP contribution in [-0.2, 0) is 9.59 Å². The van der Waals surface area contributed by atoms with Gasteiger partial charge >= 0.3 is 0 Å². The Labute approximate surface area is 227 Å². The Morgan fingerprint density at radius 1 is 0.923 bits per heavy atom. The van der Waals surface area contributed by atoms with E-state index in [4.69, 9.17) is 4.74 Å². The summed E-state index contributed by atoms with van der Waals surface area (Å²) < 4.78 is 35.0. The first kappa shape index (κ1) is 25.4. The smallest absolute Gasteiger partial charge is 0.240 e. The van der Waals surface area contributed by atoms with Crippen LogP contribution in [0.2, 0.25) is 0 Å². The summed E-state index contributed by atoms with van der Waals surface area (Å²) in [6, 6.07) is 13.3. The Bertz CT molecular complexity index is 1550. The highest BCUT2D eigenvalue weighted by Gasteiger charge is 2.56. The summed E-state index contributed by atoms with van der Waals surface area (Å²) in [5.74, 6) is -1.04. The molecule has 0 atom stereocenters. The van der Waals surface area contributed by atoms with Gasteiger partial charge in [0.2, 0.25) is 11.8 Å². The molecule has 2 aromatic heterocycles. The van der Waals surface area contributed by atoms with Crippen LogP contribution in [0.3, 0.4) is 0 Å². The van der Waals surface area contributed by atoms with E-state index in [-0.39, 0.29) is 11.4 Å². The van der Waals surface area contributed by atoms with E-state index in [0.717, 1.165) is 36.1 Å². The second-order valence-corrected chi connectivity index (χ2v) is 11.0. The number of halogens is 2. The maximum absolute atomic E-state index is 15.1. The zero-order valence-electron chi connectivity index (χ0n) is 20.9. The van der Waals surface area contributed by atoms with Crippen LogP contribution >= 0.6 is 11.3 Å². The quantitative estimate of drug-likeness (QED) is 0.240. The summed E-state index contributed by atoms with van der Waals surface area (Å²) in [5, 5.41) is 8.69. The first-order chi connectivity index (χ1) is 18.9. The van der Waals surface area contributed by atoms with Crippen LogP contribution in [0.1, 0.15) is 36.5 Å². The highest BCUT2D eigenvalue weighted by Crippen LogP contribution is 2.48. The number of nitrogens with one attached hydrogen (secondary N) is 3. The molecule has 2 aliphatic rings. The van der Waals surface area contributed by atoms with Gasteiger partial charge in [0.15, 0.2) is 11.6 Å². The van der Waals surface area contributed by atoms with E-state index >= 15 is 4.39 Å². The van der Waals surface area contributed by atoms with Gasteiger partial charge in [-0.05, 0) is 87.2 Å². The Balaban J connectivity index is 1.14. The molecule has 0 bridgehead atoms. The molecule has 10 heteroatoms. The predicted octanol–water partition coefficient (Wildman–Crippen LogP) is 6.19. The van der Waals surface area contributed by atoms with Crippen molar-refractivity contribution in [2.75, 3.05) is 23.7 Å². The van der Waals surface area contributed by atoms with Crippen molar-refractivity contribution in [2.45, 2.75) is 31.6 Å². The van der Waals surface area contributed by atoms with Crippen LogP contribution in [0, 0.1) is 17.0 Å². The second kappa shape index (κ2) is 10.3. The largest absolute Gasteiger partial charge is 0.453 e. The number of aromatic nitrogens is 1. The Morgan fingerprint density at radius 3 is 2.31 bits per heavy atom. The molecule has 39 heavy (non-hydrogen) atoms. The minimum Gasteiger partial charge on any atom is -0.453 e. The molecule has 7 nitrogen and oxygen atoms in total. The average Bonchev–Trinajstić information content (AvgIpc) is 3.65. The number of carbonyl (C=O) groups excluding carboxylic acids is 2. The van der Waals surface area contributed by atoms with E-state index in [1.54, 1.807) is 23.6 Å². The van der Waals surface area contributed by atoms with Gasteiger partial charge in [0.05, 0.1) is 10.2 Å². The number of carbonyl (C=O) groups is 2. The molecular formula is C29H26F2N4O3S. The molecule has 3 N–H and O–H groups in total. The monoisotopic (exact) mass is 548 g/mol. The number of nitrogens with zero attached hydrogens (tertiary/aromatic N) is 1. The van der Waals surface area contributed by atoms with Crippen LogP contribution in [0.25, 0.3) is 10.2 Å². The van der Waals surface area contributed by atoms with Crippen molar-refractivity contribution in [2.24, 2.45) is 5.41 Å². The number of fused-ring (bicyclic) bond motifs is 1.